The molecule has 12 nitrogen and oxygen atoms in total. The van der Waals surface area contributed by atoms with Crippen LogP contribution in [0, 0.1) is 0 Å². The highest BCUT2D eigenvalue weighted by Crippen LogP contribution is 2.36. The molecule has 0 bridgehead atoms. The van der Waals surface area contributed by atoms with E-state index < -0.39 is 6.04 Å². The van der Waals surface area contributed by atoms with Crippen LogP contribution in [0.4, 0.5) is 0 Å². The monoisotopic (exact) mass is 753 g/mol. The van der Waals surface area contributed by atoms with Gasteiger partial charge >= 0.3 is 0 Å². The first-order chi connectivity index (χ1) is 27.1. The van der Waals surface area contributed by atoms with E-state index in [1.165, 1.54) is 0 Å². The molecule has 0 aliphatic carbocycles. The van der Waals surface area contributed by atoms with Gasteiger partial charge < -0.3 is 24.2 Å². The van der Waals surface area contributed by atoms with Gasteiger partial charge in [0.15, 0.2) is 5.76 Å². The van der Waals surface area contributed by atoms with E-state index in [1.807, 2.05) is 146 Å². The first-order valence-electron chi connectivity index (χ1n) is 19.3. The Morgan fingerprint density at radius 2 is 1.41 bits per heavy atom. The number of imidazole rings is 2. The highest BCUT2D eigenvalue weighted by molar-refractivity contribution is 5.84. The van der Waals surface area contributed by atoms with Crippen molar-refractivity contribution >= 4 is 11.8 Å². The summed E-state index contributed by atoms with van der Waals surface area (Å²) in [5.41, 5.74) is 5.30. The molecule has 0 saturated carbocycles. The second-order valence-corrected chi connectivity index (χ2v) is 14.9. The maximum atomic E-state index is 14.0. The Kier molecular flexibility index (Phi) is 11.6. The van der Waals surface area contributed by atoms with Gasteiger partial charge in [0, 0.05) is 18.7 Å². The summed E-state index contributed by atoms with van der Waals surface area (Å²) in [5.74, 6) is 2.60. The quantitative estimate of drug-likeness (QED) is 0.116. The minimum atomic E-state index is -0.412. The number of nitrogens with zero attached hydrogens (tertiary/aromatic N) is 7. The van der Waals surface area contributed by atoms with E-state index in [0.29, 0.717) is 36.3 Å². The number of aromatic nitrogens is 5. The molecule has 1 aliphatic rings. The zero-order valence-electron chi connectivity index (χ0n) is 33.0. The van der Waals surface area contributed by atoms with Crippen LogP contribution in [-0.4, -0.2) is 97.6 Å². The molecule has 3 aromatic carbocycles. The van der Waals surface area contributed by atoms with E-state index >= 15 is 0 Å². The minimum Gasteiger partial charge on any atom is -0.435 e. The van der Waals surface area contributed by atoms with Crippen LogP contribution in [0.5, 0.6) is 0 Å². The van der Waals surface area contributed by atoms with E-state index in [0.717, 1.165) is 53.0 Å². The number of oxazole rings is 1. The first kappa shape index (κ1) is 38.4. The van der Waals surface area contributed by atoms with Crippen molar-refractivity contribution in [2.75, 3.05) is 41.3 Å². The Morgan fingerprint density at radius 1 is 0.786 bits per heavy atom. The van der Waals surface area contributed by atoms with Crippen LogP contribution < -0.4 is 0 Å². The molecule has 4 atom stereocenters. The van der Waals surface area contributed by atoms with Gasteiger partial charge in [0.25, 0.3) is 0 Å². The molecular formula is C44H51N9O3. The molecule has 290 valence electrons. The second kappa shape index (κ2) is 16.9. The number of carbonyl (C=O) groups excluding carboxylic acids is 2. The molecule has 56 heavy (non-hydrogen) atoms. The molecule has 1 fully saturated rings. The molecule has 6 aromatic rings. The van der Waals surface area contributed by atoms with Crippen molar-refractivity contribution in [3.05, 3.63) is 126 Å². The number of carbonyl (C=O) groups is 2. The normalized spacial score (nSPS) is 16.0. The Hall–Kier alpha value is -5.85. The van der Waals surface area contributed by atoms with Gasteiger partial charge in [-0.3, -0.25) is 19.4 Å². The van der Waals surface area contributed by atoms with Crippen LogP contribution in [0.25, 0.3) is 34.2 Å². The minimum absolute atomic E-state index is 0.0225. The van der Waals surface area contributed by atoms with E-state index in [9.17, 15) is 9.59 Å². The zero-order chi connectivity index (χ0) is 39.3. The smallest absolute Gasteiger partial charge is 0.245 e. The summed E-state index contributed by atoms with van der Waals surface area (Å²) in [6, 6.07) is 26.7. The van der Waals surface area contributed by atoms with Gasteiger partial charge in [-0.2, -0.15) is 0 Å². The van der Waals surface area contributed by atoms with Gasteiger partial charge in [-0.05, 0) is 71.1 Å². The third-order valence-electron chi connectivity index (χ3n) is 10.6. The standard InChI is InChI=1S/C44H51N9O3/c1-7-24-52(43(54)38(50(3)4)32-15-10-8-11-16-32)29(2)40-45-27-35(49-40)42-47-28-37(56-42)31-22-20-30(21-23-31)34-26-46-41(48-34)36-19-14-25-53(36)44(55)39(51(5)6)33-17-12-9-13-18-33/h8-13,15-18,20-23,26-29,36,38-39H,7,14,19,24-25H2,1-6H3,(H,45,49)(H,46,48). The van der Waals surface area contributed by atoms with Crippen molar-refractivity contribution in [2.45, 2.75) is 57.3 Å². The predicted octanol–water partition coefficient (Wildman–Crippen LogP) is 7.69. The van der Waals surface area contributed by atoms with Crippen LogP contribution in [0.3, 0.4) is 0 Å². The zero-order valence-corrected chi connectivity index (χ0v) is 33.0. The van der Waals surface area contributed by atoms with Gasteiger partial charge in [0.1, 0.15) is 29.4 Å². The fourth-order valence-corrected chi connectivity index (χ4v) is 7.76. The summed E-state index contributed by atoms with van der Waals surface area (Å²) >= 11 is 0. The molecule has 3 aromatic heterocycles. The van der Waals surface area contributed by atoms with Crippen LogP contribution in [0.15, 0.2) is 108 Å². The van der Waals surface area contributed by atoms with Gasteiger partial charge in [-0.1, -0.05) is 91.9 Å². The number of likely N-dealkylation sites (N-methyl/N-ethyl adjacent to an activating group) is 2. The Balaban J connectivity index is 1.03. The molecular weight excluding hydrogens is 703 g/mol. The fraction of sp³-hybridized carbons (Fsp3) is 0.341. The lowest BCUT2D eigenvalue weighted by atomic mass is 10.0. The molecule has 0 spiro atoms. The summed E-state index contributed by atoms with van der Waals surface area (Å²) < 4.78 is 6.22. The Labute approximate surface area is 328 Å². The number of rotatable bonds is 14. The molecule has 2 amide bonds. The van der Waals surface area contributed by atoms with Crippen LogP contribution in [0.1, 0.15) is 80.1 Å². The largest absolute Gasteiger partial charge is 0.435 e. The van der Waals surface area contributed by atoms with E-state index in [2.05, 4.69) is 26.9 Å². The summed E-state index contributed by atoms with van der Waals surface area (Å²) in [6.45, 7) is 5.36. The average Bonchev–Trinajstić information content (AvgIpc) is 4.04. The molecule has 12 heteroatoms. The number of nitrogens with one attached hydrogen (secondary N) is 2. The average molecular weight is 754 g/mol. The van der Waals surface area contributed by atoms with Crippen molar-refractivity contribution in [3.63, 3.8) is 0 Å². The van der Waals surface area contributed by atoms with E-state index in [4.69, 9.17) is 9.40 Å². The third-order valence-corrected chi connectivity index (χ3v) is 10.6. The maximum Gasteiger partial charge on any atom is 0.245 e. The second-order valence-electron chi connectivity index (χ2n) is 14.9. The van der Waals surface area contributed by atoms with Crippen molar-refractivity contribution in [1.29, 1.82) is 0 Å². The van der Waals surface area contributed by atoms with E-state index in [-0.39, 0.29) is 29.9 Å². The predicted molar refractivity (Wildman–Crippen MR) is 217 cm³/mol. The molecule has 1 aliphatic heterocycles. The Bertz CT molecular complexity index is 2210. The van der Waals surface area contributed by atoms with Crippen molar-refractivity contribution in [1.82, 2.24) is 44.5 Å². The van der Waals surface area contributed by atoms with Gasteiger partial charge in [-0.25, -0.2) is 15.0 Å². The molecule has 7 rings (SSSR count). The summed E-state index contributed by atoms with van der Waals surface area (Å²) in [5, 5.41) is 0. The number of benzene rings is 3. The Morgan fingerprint density at radius 3 is 2.05 bits per heavy atom. The van der Waals surface area contributed by atoms with Gasteiger partial charge in [-0.15, -0.1) is 0 Å². The van der Waals surface area contributed by atoms with Crippen LogP contribution >= 0.6 is 0 Å². The van der Waals surface area contributed by atoms with Crippen molar-refractivity contribution in [3.8, 4) is 34.2 Å². The summed E-state index contributed by atoms with van der Waals surface area (Å²) in [4.78, 5) is 56.6. The molecule has 4 heterocycles. The SMILES string of the molecule is CCCN(C(=O)C(c1ccccc1)N(C)C)C(C)c1ncc(-c2ncc(-c3ccc(-c4cnc(C5CCCN5C(=O)C(c5ccccc5)N(C)C)[nH]4)cc3)o2)[nH]1. The highest BCUT2D eigenvalue weighted by Gasteiger charge is 2.37. The van der Waals surface area contributed by atoms with Crippen molar-refractivity contribution < 1.29 is 14.0 Å². The topological polar surface area (TPSA) is 130 Å². The van der Waals surface area contributed by atoms with Crippen LogP contribution in [-0.2, 0) is 9.59 Å². The molecule has 1 saturated heterocycles. The number of hydrogen-bond acceptors (Lipinski definition) is 8. The summed E-state index contributed by atoms with van der Waals surface area (Å²) in [6.07, 6.45) is 7.85. The third kappa shape index (κ3) is 7.93. The molecule has 0 radical (unpaired) electrons. The van der Waals surface area contributed by atoms with Crippen molar-refractivity contribution in [2.24, 2.45) is 0 Å². The first-order valence-corrected chi connectivity index (χ1v) is 19.3. The molecule has 4 unspecified atom stereocenters. The van der Waals surface area contributed by atoms with Gasteiger partial charge in [0.05, 0.1) is 36.4 Å². The lowest BCUT2D eigenvalue weighted by molar-refractivity contribution is -0.139. The number of aromatic amines is 2. The lowest BCUT2D eigenvalue weighted by Crippen LogP contribution is -2.42. The summed E-state index contributed by atoms with van der Waals surface area (Å²) in [7, 11) is 7.76. The number of hydrogen-bond donors (Lipinski definition) is 2. The number of amides is 2. The molecule has 2 N–H and O–H groups in total. The fourth-order valence-electron chi connectivity index (χ4n) is 7.76. The highest BCUT2D eigenvalue weighted by atomic mass is 16.4. The number of likely N-dealkylation sites (tertiary alicyclic amines) is 1. The van der Waals surface area contributed by atoms with Gasteiger partial charge in [0.2, 0.25) is 17.7 Å². The lowest BCUT2D eigenvalue weighted by Gasteiger charge is -2.34. The number of H-pyrrole nitrogens is 2. The van der Waals surface area contributed by atoms with E-state index in [1.54, 1.807) is 12.4 Å². The maximum absolute atomic E-state index is 14.0. The van der Waals surface area contributed by atoms with Crippen LogP contribution in [0.2, 0.25) is 0 Å².